The second-order valence-corrected chi connectivity index (χ2v) is 4.00. The summed E-state index contributed by atoms with van der Waals surface area (Å²) in [6.07, 6.45) is 5.38. The van der Waals surface area contributed by atoms with Crippen molar-refractivity contribution in [2.45, 2.75) is 46.5 Å². The highest BCUT2D eigenvalue weighted by molar-refractivity contribution is 4.55. The molecule has 0 N–H and O–H groups in total. The average molecular weight is 172 g/mol. The maximum atomic E-state index is 5.09. The highest BCUT2D eigenvalue weighted by Gasteiger charge is 2.03. The van der Waals surface area contributed by atoms with Gasteiger partial charge in [0.15, 0.2) is 0 Å². The topological polar surface area (TPSA) is 9.23 Å². The zero-order valence-corrected chi connectivity index (χ0v) is 9.10. The largest absolute Gasteiger partial charge is 0.384 e. The van der Waals surface area contributed by atoms with Crippen molar-refractivity contribution in [2.24, 2.45) is 11.8 Å². The van der Waals surface area contributed by atoms with Gasteiger partial charge >= 0.3 is 0 Å². The van der Waals surface area contributed by atoms with E-state index in [9.17, 15) is 0 Å². The Morgan fingerprint density at radius 1 is 1.08 bits per heavy atom. The van der Waals surface area contributed by atoms with Gasteiger partial charge in [-0.2, -0.15) is 0 Å². The molecule has 0 fully saturated rings. The Kier molecular flexibility index (Phi) is 7.58. The number of hydrogen-bond acceptors (Lipinski definition) is 1. The van der Waals surface area contributed by atoms with Gasteiger partial charge in [0, 0.05) is 13.7 Å². The number of methoxy groups -OCH3 is 1. The van der Waals surface area contributed by atoms with E-state index >= 15 is 0 Å². The zero-order chi connectivity index (χ0) is 9.40. The van der Waals surface area contributed by atoms with Crippen molar-refractivity contribution in [1.29, 1.82) is 0 Å². The number of rotatable bonds is 7. The van der Waals surface area contributed by atoms with Gasteiger partial charge in [0.05, 0.1) is 0 Å². The van der Waals surface area contributed by atoms with Crippen LogP contribution in [-0.2, 0) is 4.74 Å². The van der Waals surface area contributed by atoms with Crippen LogP contribution < -0.4 is 0 Å². The minimum Gasteiger partial charge on any atom is -0.384 e. The second kappa shape index (κ2) is 7.60. The summed E-state index contributed by atoms with van der Waals surface area (Å²) < 4.78 is 5.09. The molecule has 1 nitrogen and oxygen atoms in total. The van der Waals surface area contributed by atoms with E-state index in [2.05, 4.69) is 20.8 Å². The summed E-state index contributed by atoms with van der Waals surface area (Å²) in [6.45, 7) is 7.78. The van der Waals surface area contributed by atoms with Gasteiger partial charge < -0.3 is 4.74 Å². The fraction of sp³-hybridized carbons (Fsp3) is 1.00. The highest BCUT2D eigenvalue weighted by atomic mass is 16.5. The summed E-state index contributed by atoms with van der Waals surface area (Å²) in [4.78, 5) is 0. The van der Waals surface area contributed by atoms with E-state index in [0.29, 0.717) is 0 Å². The van der Waals surface area contributed by atoms with E-state index in [-0.39, 0.29) is 0 Å². The molecule has 1 heteroatoms. The lowest BCUT2D eigenvalue weighted by Crippen LogP contribution is -2.04. The van der Waals surface area contributed by atoms with Gasteiger partial charge in [0.1, 0.15) is 0 Å². The predicted molar refractivity (Wildman–Crippen MR) is 54.3 cm³/mol. The third kappa shape index (κ3) is 6.66. The molecule has 0 aliphatic rings. The van der Waals surface area contributed by atoms with E-state index in [1.807, 2.05) is 0 Å². The smallest absolute Gasteiger partial charge is 0.0487 e. The Morgan fingerprint density at radius 3 is 2.17 bits per heavy atom. The van der Waals surface area contributed by atoms with Crippen LogP contribution in [0.2, 0.25) is 0 Å². The average Bonchev–Trinajstić information content (AvgIpc) is 2.04. The van der Waals surface area contributed by atoms with Crippen LogP contribution in [0.3, 0.4) is 0 Å². The van der Waals surface area contributed by atoms with E-state index in [1.165, 1.54) is 25.7 Å². The fourth-order valence-corrected chi connectivity index (χ4v) is 1.39. The normalized spacial score (nSPS) is 16.0. The van der Waals surface area contributed by atoms with E-state index in [0.717, 1.165) is 18.4 Å². The first-order chi connectivity index (χ1) is 5.70. The zero-order valence-electron chi connectivity index (χ0n) is 9.10. The van der Waals surface area contributed by atoms with Gasteiger partial charge in [-0.25, -0.2) is 0 Å². The van der Waals surface area contributed by atoms with Crippen molar-refractivity contribution in [2.75, 3.05) is 13.7 Å². The SMILES string of the molecule is CCC(C)CCCC(C)COC. The monoisotopic (exact) mass is 172 g/mol. The van der Waals surface area contributed by atoms with Crippen molar-refractivity contribution in [1.82, 2.24) is 0 Å². The fourth-order valence-electron chi connectivity index (χ4n) is 1.39. The van der Waals surface area contributed by atoms with Gasteiger partial charge in [0.25, 0.3) is 0 Å². The van der Waals surface area contributed by atoms with Gasteiger partial charge in [-0.3, -0.25) is 0 Å². The number of hydrogen-bond donors (Lipinski definition) is 0. The summed E-state index contributed by atoms with van der Waals surface area (Å²) in [6, 6.07) is 0. The van der Waals surface area contributed by atoms with Crippen LogP contribution in [0, 0.1) is 11.8 Å². The Hall–Kier alpha value is -0.0400. The van der Waals surface area contributed by atoms with Crippen LogP contribution in [0.5, 0.6) is 0 Å². The Balaban J connectivity index is 3.18. The maximum Gasteiger partial charge on any atom is 0.0487 e. The molecule has 12 heavy (non-hydrogen) atoms. The van der Waals surface area contributed by atoms with Gasteiger partial charge in [0.2, 0.25) is 0 Å². The Labute approximate surface area is 77.5 Å². The highest BCUT2D eigenvalue weighted by Crippen LogP contribution is 2.14. The van der Waals surface area contributed by atoms with E-state index in [1.54, 1.807) is 7.11 Å². The lowest BCUT2D eigenvalue weighted by molar-refractivity contribution is 0.153. The second-order valence-electron chi connectivity index (χ2n) is 4.00. The lowest BCUT2D eigenvalue weighted by Gasteiger charge is -2.11. The van der Waals surface area contributed by atoms with Gasteiger partial charge in [-0.15, -0.1) is 0 Å². The lowest BCUT2D eigenvalue weighted by atomic mass is 9.97. The molecule has 0 aliphatic heterocycles. The van der Waals surface area contributed by atoms with Crippen LogP contribution >= 0.6 is 0 Å². The quantitative estimate of drug-likeness (QED) is 0.571. The third-order valence-electron chi connectivity index (χ3n) is 2.54. The summed E-state index contributed by atoms with van der Waals surface area (Å²) >= 11 is 0. The molecule has 0 aromatic carbocycles. The van der Waals surface area contributed by atoms with Crippen LogP contribution in [-0.4, -0.2) is 13.7 Å². The van der Waals surface area contributed by atoms with Crippen molar-refractivity contribution in [3.63, 3.8) is 0 Å². The molecule has 74 valence electrons. The van der Waals surface area contributed by atoms with Crippen molar-refractivity contribution in [3.8, 4) is 0 Å². The molecule has 0 spiro atoms. The summed E-state index contributed by atoms with van der Waals surface area (Å²) in [7, 11) is 1.78. The molecule has 2 atom stereocenters. The first-order valence-corrected chi connectivity index (χ1v) is 5.19. The summed E-state index contributed by atoms with van der Waals surface area (Å²) in [5.41, 5.74) is 0. The molecule has 0 amide bonds. The van der Waals surface area contributed by atoms with Crippen molar-refractivity contribution < 1.29 is 4.74 Å². The molecule has 0 radical (unpaired) electrons. The molecule has 0 aromatic rings. The van der Waals surface area contributed by atoms with Crippen molar-refractivity contribution in [3.05, 3.63) is 0 Å². The van der Waals surface area contributed by atoms with Crippen molar-refractivity contribution >= 4 is 0 Å². The molecule has 0 aliphatic carbocycles. The predicted octanol–water partition coefficient (Wildman–Crippen LogP) is 3.49. The first-order valence-electron chi connectivity index (χ1n) is 5.19. The van der Waals surface area contributed by atoms with Crippen LogP contribution in [0.15, 0.2) is 0 Å². The molecular weight excluding hydrogens is 148 g/mol. The number of ether oxygens (including phenoxy) is 1. The third-order valence-corrected chi connectivity index (χ3v) is 2.54. The Morgan fingerprint density at radius 2 is 1.67 bits per heavy atom. The Bertz CT molecular complexity index is 91.0. The summed E-state index contributed by atoms with van der Waals surface area (Å²) in [5, 5.41) is 0. The molecule has 0 saturated heterocycles. The molecule has 0 saturated carbocycles. The maximum absolute atomic E-state index is 5.09. The van der Waals surface area contributed by atoms with Crippen LogP contribution in [0.1, 0.15) is 46.5 Å². The molecule has 0 rings (SSSR count). The van der Waals surface area contributed by atoms with Gasteiger partial charge in [-0.05, 0) is 18.3 Å². The first kappa shape index (κ1) is 12.0. The standard InChI is InChI=1S/C11H24O/c1-5-10(2)7-6-8-11(3)9-12-4/h10-11H,5-9H2,1-4H3. The molecule has 0 aromatic heterocycles. The molecule has 0 heterocycles. The van der Waals surface area contributed by atoms with Crippen LogP contribution in [0.4, 0.5) is 0 Å². The molecular formula is C11H24O. The minimum atomic E-state index is 0.735. The summed E-state index contributed by atoms with van der Waals surface area (Å²) in [5.74, 6) is 1.64. The van der Waals surface area contributed by atoms with Gasteiger partial charge in [-0.1, -0.05) is 40.0 Å². The molecule has 0 bridgehead atoms. The molecule has 2 unspecified atom stereocenters. The van der Waals surface area contributed by atoms with Crippen LogP contribution in [0.25, 0.3) is 0 Å². The van der Waals surface area contributed by atoms with E-state index < -0.39 is 0 Å². The minimum absolute atomic E-state index is 0.735. The van der Waals surface area contributed by atoms with E-state index in [4.69, 9.17) is 4.74 Å².